The van der Waals surface area contributed by atoms with Crippen molar-refractivity contribution in [2.45, 2.75) is 25.8 Å². The molecule has 0 aliphatic heterocycles. The first kappa shape index (κ1) is 11.9. The first-order chi connectivity index (χ1) is 7.67. The summed E-state index contributed by atoms with van der Waals surface area (Å²) < 4.78 is 15.8. The normalized spacial score (nSPS) is 11.2. The lowest BCUT2D eigenvalue weighted by Gasteiger charge is -2.05. The van der Waals surface area contributed by atoms with Crippen LogP contribution in [0, 0.1) is 5.82 Å². The molecule has 0 spiro atoms. The van der Waals surface area contributed by atoms with Gasteiger partial charge in [0.2, 0.25) is 0 Å². The van der Waals surface area contributed by atoms with Crippen LogP contribution in [-0.4, -0.2) is 9.55 Å². The predicted octanol–water partition coefficient (Wildman–Crippen LogP) is 4.09. The van der Waals surface area contributed by atoms with Crippen molar-refractivity contribution < 1.29 is 4.39 Å². The third-order valence-corrected chi connectivity index (χ3v) is 3.28. The summed E-state index contributed by atoms with van der Waals surface area (Å²) in [5, 5.41) is 0. The number of nitrogens with zero attached hydrogens (tertiary/aromatic N) is 2. The highest BCUT2D eigenvalue weighted by Gasteiger charge is 2.12. The number of aromatic nitrogens is 2. The van der Waals surface area contributed by atoms with Gasteiger partial charge in [0.25, 0.3) is 0 Å². The zero-order valence-corrected chi connectivity index (χ0v) is 11.1. The molecule has 1 aromatic heterocycles. The van der Waals surface area contributed by atoms with Gasteiger partial charge in [-0.1, -0.05) is 6.92 Å². The molecule has 0 aliphatic rings. The van der Waals surface area contributed by atoms with Gasteiger partial charge < -0.3 is 4.57 Å². The second-order valence-electron chi connectivity index (χ2n) is 3.57. The fourth-order valence-electron chi connectivity index (χ4n) is 1.75. The molecule has 0 amide bonds. The van der Waals surface area contributed by atoms with Gasteiger partial charge >= 0.3 is 0 Å². The van der Waals surface area contributed by atoms with Crippen molar-refractivity contribution in [1.29, 1.82) is 0 Å². The molecule has 2 nitrogen and oxygen atoms in total. The SMILES string of the molecule is CCCn1c(CCl)nc2cc(F)c(Br)cc21. The molecule has 0 aliphatic carbocycles. The first-order valence-electron chi connectivity index (χ1n) is 5.07. The highest BCUT2D eigenvalue weighted by atomic mass is 79.9. The molecule has 0 saturated carbocycles. The Labute approximate surface area is 107 Å². The van der Waals surface area contributed by atoms with E-state index in [9.17, 15) is 4.39 Å². The summed E-state index contributed by atoms with van der Waals surface area (Å²) in [5.41, 5.74) is 1.58. The second kappa shape index (κ2) is 4.72. The van der Waals surface area contributed by atoms with E-state index in [1.807, 2.05) is 4.57 Å². The van der Waals surface area contributed by atoms with E-state index in [2.05, 4.69) is 27.8 Å². The minimum Gasteiger partial charge on any atom is -0.327 e. The highest BCUT2D eigenvalue weighted by molar-refractivity contribution is 9.10. The Morgan fingerprint density at radius 1 is 1.50 bits per heavy atom. The average molecular weight is 306 g/mol. The standard InChI is InChI=1S/C11H11BrClFN2/c1-2-3-16-10-4-7(12)8(14)5-9(10)15-11(16)6-13/h4-5H,2-3,6H2,1H3. The van der Waals surface area contributed by atoms with Crippen LogP contribution in [0.25, 0.3) is 11.0 Å². The van der Waals surface area contributed by atoms with Crippen LogP contribution < -0.4 is 0 Å². The van der Waals surface area contributed by atoms with Crippen LogP contribution in [0.3, 0.4) is 0 Å². The quantitative estimate of drug-likeness (QED) is 0.781. The molecule has 2 aromatic rings. The van der Waals surface area contributed by atoms with Crippen molar-refractivity contribution in [3.05, 3.63) is 28.2 Å². The van der Waals surface area contributed by atoms with Gasteiger partial charge in [0, 0.05) is 12.6 Å². The second-order valence-corrected chi connectivity index (χ2v) is 4.69. The van der Waals surface area contributed by atoms with E-state index in [0.29, 0.717) is 15.9 Å². The van der Waals surface area contributed by atoms with Gasteiger partial charge in [-0.25, -0.2) is 9.37 Å². The predicted molar refractivity (Wildman–Crippen MR) is 67.2 cm³/mol. The van der Waals surface area contributed by atoms with Crippen molar-refractivity contribution in [1.82, 2.24) is 9.55 Å². The van der Waals surface area contributed by atoms with Crippen LogP contribution >= 0.6 is 27.5 Å². The van der Waals surface area contributed by atoms with Gasteiger partial charge in [-0.15, -0.1) is 11.6 Å². The number of hydrogen-bond acceptors (Lipinski definition) is 1. The maximum absolute atomic E-state index is 13.4. The topological polar surface area (TPSA) is 17.8 Å². The Hall–Kier alpha value is -0.610. The van der Waals surface area contributed by atoms with Crippen LogP contribution in [0.4, 0.5) is 4.39 Å². The van der Waals surface area contributed by atoms with Gasteiger partial charge in [0.05, 0.1) is 21.4 Å². The first-order valence-corrected chi connectivity index (χ1v) is 6.40. The van der Waals surface area contributed by atoms with Gasteiger partial charge in [-0.05, 0) is 28.4 Å². The number of imidazole rings is 1. The van der Waals surface area contributed by atoms with E-state index in [1.165, 1.54) is 6.07 Å². The lowest BCUT2D eigenvalue weighted by Crippen LogP contribution is -2.01. The van der Waals surface area contributed by atoms with E-state index >= 15 is 0 Å². The number of rotatable bonds is 3. The molecule has 0 bridgehead atoms. The van der Waals surface area contributed by atoms with E-state index in [0.717, 1.165) is 24.3 Å². The molecule has 0 unspecified atom stereocenters. The molecule has 1 heterocycles. The molecule has 1 aromatic carbocycles. The number of aryl methyl sites for hydroxylation is 1. The van der Waals surface area contributed by atoms with Crippen LogP contribution in [0.2, 0.25) is 0 Å². The molecule has 0 saturated heterocycles. The number of benzene rings is 1. The molecule has 0 fully saturated rings. The fraction of sp³-hybridized carbons (Fsp3) is 0.364. The lowest BCUT2D eigenvalue weighted by atomic mass is 10.3. The van der Waals surface area contributed by atoms with Crippen molar-refractivity contribution in [2.24, 2.45) is 0 Å². The Balaban J connectivity index is 2.69. The molecule has 0 N–H and O–H groups in total. The molecule has 2 rings (SSSR count). The van der Waals surface area contributed by atoms with E-state index in [1.54, 1.807) is 6.07 Å². The third-order valence-electron chi connectivity index (χ3n) is 2.44. The minimum atomic E-state index is -0.297. The Morgan fingerprint density at radius 2 is 2.25 bits per heavy atom. The zero-order valence-electron chi connectivity index (χ0n) is 8.80. The average Bonchev–Trinajstić information content (AvgIpc) is 2.58. The monoisotopic (exact) mass is 304 g/mol. The molecule has 16 heavy (non-hydrogen) atoms. The van der Waals surface area contributed by atoms with Crippen LogP contribution in [0.15, 0.2) is 16.6 Å². The van der Waals surface area contributed by atoms with Crippen LogP contribution in [0.1, 0.15) is 19.2 Å². The number of halogens is 3. The molecule has 5 heteroatoms. The Morgan fingerprint density at radius 3 is 2.88 bits per heavy atom. The zero-order chi connectivity index (χ0) is 11.7. The van der Waals surface area contributed by atoms with Gasteiger partial charge in [-0.3, -0.25) is 0 Å². The maximum atomic E-state index is 13.4. The van der Waals surface area contributed by atoms with Crippen molar-refractivity contribution in [2.75, 3.05) is 0 Å². The van der Waals surface area contributed by atoms with Gasteiger partial charge in [0.1, 0.15) is 11.6 Å². The van der Waals surface area contributed by atoms with Crippen LogP contribution in [0.5, 0.6) is 0 Å². The van der Waals surface area contributed by atoms with E-state index in [-0.39, 0.29) is 5.82 Å². The van der Waals surface area contributed by atoms with E-state index < -0.39 is 0 Å². The molecular weight excluding hydrogens is 294 g/mol. The summed E-state index contributed by atoms with van der Waals surface area (Å²) in [4.78, 5) is 4.32. The van der Waals surface area contributed by atoms with Gasteiger partial charge in [0.15, 0.2) is 0 Å². The lowest BCUT2D eigenvalue weighted by molar-refractivity contribution is 0.622. The summed E-state index contributed by atoms with van der Waals surface area (Å²) in [6.45, 7) is 2.93. The van der Waals surface area contributed by atoms with Crippen LogP contribution in [-0.2, 0) is 12.4 Å². The van der Waals surface area contributed by atoms with E-state index in [4.69, 9.17) is 11.6 Å². The van der Waals surface area contributed by atoms with Crippen molar-refractivity contribution >= 4 is 38.6 Å². The number of hydrogen-bond donors (Lipinski definition) is 0. The Kier molecular flexibility index (Phi) is 3.50. The third kappa shape index (κ3) is 1.96. The molecule has 0 radical (unpaired) electrons. The Bertz CT molecular complexity index is 524. The summed E-state index contributed by atoms with van der Waals surface area (Å²) in [6, 6.07) is 3.19. The smallest absolute Gasteiger partial charge is 0.139 e. The number of fused-ring (bicyclic) bond motifs is 1. The molecular formula is C11H11BrClFN2. The minimum absolute atomic E-state index is 0.297. The maximum Gasteiger partial charge on any atom is 0.139 e. The molecule has 86 valence electrons. The van der Waals surface area contributed by atoms with Gasteiger partial charge in [-0.2, -0.15) is 0 Å². The summed E-state index contributed by atoms with van der Waals surface area (Å²) in [6.07, 6.45) is 0.990. The summed E-state index contributed by atoms with van der Waals surface area (Å²) in [5.74, 6) is 0.833. The number of alkyl halides is 1. The molecule has 0 atom stereocenters. The summed E-state index contributed by atoms with van der Waals surface area (Å²) in [7, 11) is 0. The summed E-state index contributed by atoms with van der Waals surface area (Å²) >= 11 is 9.01. The van der Waals surface area contributed by atoms with Crippen molar-refractivity contribution in [3.63, 3.8) is 0 Å². The highest BCUT2D eigenvalue weighted by Crippen LogP contribution is 2.25. The van der Waals surface area contributed by atoms with Crippen molar-refractivity contribution in [3.8, 4) is 0 Å². The largest absolute Gasteiger partial charge is 0.327 e. The fourth-order valence-corrected chi connectivity index (χ4v) is 2.28.